The van der Waals surface area contributed by atoms with Crippen molar-refractivity contribution >= 4 is 5.69 Å². The summed E-state index contributed by atoms with van der Waals surface area (Å²) in [5, 5.41) is 0. The molecule has 2 rings (SSSR count). The molecule has 0 saturated carbocycles. The van der Waals surface area contributed by atoms with E-state index in [1.807, 2.05) is 24.3 Å². The lowest BCUT2D eigenvalue weighted by atomic mass is 10.1. The van der Waals surface area contributed by atoms with E-state index in [0.717, 1.165) is 24.6 Å². The Bertz CT molecular complexity index is 350. The van der Waals surface area contributed by atoms with E-state index in [-0.39, 0.29) is 0 Å². The van der Waals surface area contributed by atoms with Gasteiger partial charge in [-0.1, -0.05) is 12.8 Å². The summed E-state index contributed by atoms with van der Waals surface area (Å²) in [6.45, 7) is 5.32. The van der Waals surface area contributed by atoms with Crippen molar-refractivity contribution in [1.82, 2.24) is 4.90 Å². The molecule has 3 heteroatoms. The summed E-state index contributed by atoms with van der Waals surface area (Å²) in [6, 6.07) is 8.32. The lowest BCUT2D eigenvalue weighted by Crippen LogP contribution is -2.35. The first-order valence-corrected chi connectivity index (χ1v) is 6.98. The number of ether oxygens (including phenoxy) is 1. The third-order valence-electron chi connectivity index (χ3n) is 3.72. The summed E-state index contributed by atoms with van der Waals surface area (Å²) >= 11 is 0. The van der Waals surface area contributed by atoms with Crippen molar-refractivity contribution in [3.63, 3.8) is 0 Å². The number of nitrogens with two attached hydrogens (primary N) is 1. The van der Waals surface area contributed by atoms with Crippen molar-refractivity contribution in [3.05, 3.63) is 24.3 Å². The maximum atomic E-state index is 5.76. The second-order valence-electron chi connectivity index (χ2n) is 5.15. The van der Waals surface area contributed by atoms with E-state index in [4.69, 9.17) is 10.5 Å². The molecule has 0 bridgehead atoms. The third kappa shape index (κ3) is 3.91. The summed E-state index contributed by atoms with van der Waals surface area (Å²) in [4.78, 5) is 2.55. The molecule has 3 nitrogen and oxygen atoms in total. The highest BCUT2D eigenvalue weighted by molar-refractivity contribution is 5.41. The van der Waals surface area contributed by atoms with Gasteiger partial charge in [0.15, 0.2) is 0 Å². The number of nitrogens with zero attached hydrogens (tertiary/aromatic N) is 1. The van der Waals surface area contributed by atoms with Gasteiger partial charge in [0.25, 0.3) is 0 Å². The number of hydrogen-bond acceptors (Lipinski definition) is 3. The molecular formula is C15H24N2O. The Morgan fingerprint density at radius 1 is 1.22 bits per heavy atom. The van der Waals surface area contributed by atoms with Gasteiger partial charge in [0.05, 0.1) is 0 Å². The summed E-state index contributed by atoms with van der Waals surface area (Å²) in [7, 11) is 0. The van der Waals surface area contributed by atoms with E-state index in [0.29, 0.717) is 6.04 Å². The summed E-state index contributed by atoms with van der Waals surface area (Å²) in [5.74, 6) is 0.909. The predicted molar refractivity (Wildman–Crippen MR) is 75.9 cm³/mol. The average Bonchev–Trinajstić information content (AvgIpc) is 2.57. The van der Waals surface area contributed by atoms with Crippen LogP contribution in [0.1, 0.15) is 32.6 Å². The largest absolute Gasteiger partial charge is 0.492 e. The minimum atomic E-state index is 0.697. The van der Waals surface area contributed by atoms with E-state index in [2.05, 4.69) is 11.8 Å². The van der Waals surface area contributed by atoms with Crippen molar-refractivity contribution in [2.24, 2.45) is 0 Å². The molecule has 1 unspecified atom stereocenters. The van der Waals surface area contributed by atoms with Crippen molar-refractivity contribution in [2.75, 3.05) is 25.4 Å². The topological polar surface area (TPSA) is 38.5 Å². The molecule has 18 heavy (non-hydrogen) atoms. The lowest BCUT2D eigenvalue weighted by molar-refractivity contribution is 0.171. The Labute approximate surface area is 110 Å². The molecule has 1 saturated heterocycles. The quantitative estimate of drug-likeness (QED) is 0.833. The van der Waals surface area contributed by atoms with E-state index < -0.39 is 0 Å². The van der Waals surface area contributed by atoms with Crippen LogP contribution in [-0.2, 0) is 0 Å². The van der Waals surface area contributed by atoms with Gasteiger partial charge in [0, 0.05) is 18.3 Å². The molecule has 0 amide bonds. The number of anilines is 1. The van der Waals surface area contributed by atoms with Gasteiger partial charge in [-0.15, -0.1) is 0 Å². The first kappa shape index (κ1) is 13.2. The molecule has 1 heterocycles. The fourth-order valence-corrected chi connectivity index (χ4v) is 2.51. The molecule has 1 aliphatic heterocycles. The second kappa shape index (κ2) is 6.64. The highest BCUT2D eigenvalue weighted by Crippen LogP contribution is 2.17. The van der Waals surface area contributed by atoms with Crippen molar-refractivity contribution in [3.8, 4) is 5.75 Å². The normalized spacial score (nSPS) is 21.5. The van der Waals surface area contributed by atoms with Gasteiger partial charge in [0.2, 0.25) is 0 Å². The molecule has 1 fully saturated rings. The highest BCUT2D eigenvalue weighted by Gasteiger charge is 2.16. The molecule has 0 aromatic heterocycles. The second-order valence-corrected chi connectivity index (χ2v) is 5.15. The van der Waals surface area contributed by atoms with Gasteiger partial charge in [0.1, 0.15) is 12.4 Å². The lowest BCUT2D eigenvalue weighted by Gasteiger charge is -2.26. The van der Waals surface area contributed by atoms with Crippen LogP contribution >= 0.6 is 0 Å². The molecule has 1 aliphatic rings. The Balaban J connectivity index is 1.75. The van der Waals surface area contributed by atoms with Crippen LogP contribution < -0.4 is 10.5 Å². The number of hydrogen-bond donors (Lipinski definition) is 1. The van der Waals surface area contributed by atoms with Gasteiger partial charge in [-0.25, -0.2) is 0 Å². The van der Waals surface area contributed by atoms with E-state index in [9.17, 15) is 0 Å². The van der Waals surface area contributed by atoms with Crippen LogP contribution in [0, 0.1) is 0 Å². The van der Waals surface area contributed by atoms with Crippen molar-refractivity contribution < 1.29 is 4.74 Å². The summed E-state index contributed by atoms with van der Waals surface area (Å²) < 4.78 is 5.76. The Morgan fingerprint density at radius 2 is 2.00 bits per heavy atom. The number of rotatable bonds is 4. The summed E-state index contributed by atoms with van der Waals surface area (Å²) in [6.07, 6.45) is 5.39. The minimum Gasteiger partial charge on any atom is -0.492 e. The van der Waals surface area contributed by atoms with Crippen LogP contribution in [0.15, 0.2) is 24.3 Å². The fourth-order valence-electron chi connectivity index (χ4n) is 2.51. The molecule has 100 valence electrons. The third-order valence-corrected chi connectivity index (χ3v) is 3.72. The van der Waals surface area contributed by atoms with Crippen LogP contribution in [0.4, 0.5) is 5.69 Å². The highest BCUT2D eigenvalue weighted by atomic mass is 16.5. The Kier molecular flexibility index (Phi) is 4.88. The number of likely N-dealkylation sites (tertiary alicyclic amines) is 1. The van der Waals surface area contributed by atoms with Crippen LogP contribution in [0.2, 0.25) is 0 Å². The van der Waals surface area contributed by atoms with Crippen LogP contribution in [0.3, 0.4) is 0 Å². The zero-order chi connectivity index (χ0) is 12.8. The molecule has 1 aromatic carbocycles. The van der Waals surface area contributed by atoms with E-state index >= 15 is 0 Å². The zero-order valence-electron chi connectivity index (χ0n) is 11.3. The maximum absolute atomic E-state index is 5.76. The van der Waals surface area contributed by atoms with Crippen molar-refractivity contribution in [1.29, 1.82) is 0 Å². The van der Waals surface area contributed by atoms with E-state index in [1.165, 1.54) is 32.2 Å². The van der Waals surface area contributed by atoms with Gasteiger partial charge in [-0.3, -0.25) is 4.90 Å². The molecule has 1 atom stereocenters. The predicted octanol–water partition coefficient (Wildman–Crippen LogP) is 2.91. The average molecular weight is 248 g/mol. The molecule has 1 aromatic rings. The zero-order valence-corrected chi connectivity index (χ0v) is 11.3. The van der Waals surface area contributed by atoms with E-state index in [1.54, 1.807) is 0 Å². The van der Waals surface area contributed by atoms with Crippen molar-refractivity contribution in [2.45, 2.75) is 38.6 Å². The Hall–Kier alpha value is -1.22. The first-order chi connectivity index (χ1) is 8.75. The van der Waals surface area contributed by atoms with Crippen LogP contribution in [0.5, 0.6) is 5.75 Å². The molecule has 2 N–H and O–H groups in total. The molecule has 0 spiro atoms. The monoisotopic (exact) mass is 248 g/mol. The fraction of sp³-hybridized carbons (Fsp3) is 0.600. The van der Waals surface area contributed by atoms with Crippen LogP contribution in [0.25, 0.3) is 0 Å². The maximum Gasteiger partial charge on any atom is 0.119 e. The van der Waals surface area contributed by atoms with Crippen LogP contribution in [-0.4, -0.2) is 30.6 Å². The standard InChI is InChI=1S/C15H24N2O/c1-13-5-3-2-4-10-17(13)11-12-18-15-8-6-14(16)7-9-15/h6-9,13H,2-5,10-12,16H2,1H3. The van der Waals surface area contributed by atoms with Gasteiger partial charge < -0.3 is 10.5 Å². The minimum absolute atomic E-state index is 0.697. The smallest absolute Gasteiger partial charge is 0.119 e. The molecule has 0 radical (unpaired) electrons. The molecular weight excluding hydrogens is 224 g/mol. The number of benzene rings is 1. The van der Waals surface area contributed by atoms with Gasteiger partial charge in [-0.2, -0.15) is 0 Å². The Morgan fingerprint density at radius 3 is 2.78 bits per heavy atom. The first-order valence-electron chi connectivity index (χ1n) is 6.98. The van der Waals surface area contributed by atoms with Gasteiger partial charge >= 0.3 is 0 Å². The SMILES string of the molecule is CC1CCCCCN1CCOc1ccc(N)cc1. The number of nitrogen functional groups attached to an aromatic ring is 1. The van der Waals surface area contributed by atoms with Gasteiger partial charge in [-0.05, 0) is 50.6 Å². The summed E-state index contributed by atoms with van der Waals surface area (Å²) in [5.41, 5.74) is 6.43. The molecule has 0 aliphatic carbocycles.